The maximum Gasteiger partial charge on any atom is 0.242 e. The number of rotatable bonds is 6. The number of anilines is 1. The lowest BCUT2D eigenvalue weighted by molar-refractivity contribution is -0.130. The fraction of sp³-hybridized carbons (Fsp3) is 0.273. The van der Waals surface area contributed by atoms with Gasteiger partial charge in [-0.25, -0.2) is 4.39 Å². The Labute approximate surface area is 187 Å². The number of thioether (sulfide) groups is 1. The lowest BCUT2D eigenvalue weighted by atomic mass is 10.3. The monoisotopic (exact) mass is 452 g/mol. The predicted molar refractivity (Wildman–Crippen MR) is 120 cm³/mol. The summed E-state index contributed by atoms with van der Waals surface area (Å²) < 4.78 is 17.1. The molecule has 0 saturated carbocycles. The van der Waals surface area contributed by atoms with Crippen molar-refractivity contribution >= 4 is 46.1 Å². The molecular formula is C22H21FN6O2S. The zero-order chi connectivity index (χ0) is 22.1. The maximum atomic E-state index is 13.3. The fourth-order valence-corrected chi connectivity index (χ4v) is 4.72. The van der Waals surface area contributed by atoms with Gasteiger partial charge in [0.1, 0.15) is 12.4 Å². The number of fused-ring (bicyclic) bond motifs is 3. The Morgan fingerprint density at radius 1 is 1.03 bits per heavy atom. The number of aromatic nitrogens is 4. The molecule has 0 unspecified atom stereocenters. The molecular weight excluding hydrogens is 431 g/mol. The van der Waals surface area contributed by atoms with E-state index < -0.39 is 5.82 Å². The van der Waals surface area contributed by atoms with Crippen LogP contribution in [0.3, 0.4) is 0 Å². The molecule has 0 aliphatic carbocycles. The molecule has 4 aromatic rings. The van der Waals surface area contributed by atoms with Crippen LogP contribution in [0.5, 0.6) is 0 Å². The van der Waals surface area contributed by atoms with Crippen LogP contribution in [-0.2, 0) is 16.1 Å². The molecule has 1 saturated heterocycles. The second-order valence-electron chi connectivity index (χ2n) is 7.63. The van der Waals surface area contributed by atoms with Gasteiger partial charge in [0.05, 0.1) is 16.8 Å². The summed E-state index contributed by atoms with van der Waals surface area (Å²) in [7, 11) is 0. The van der Waals surface area contributed by atoms with Crippen molar-refractivity contribution in [2.45, 2.75) is 24.5 Å². The molecule has 8 nitrogen and oxygen atoms in total. The topological polar surface area (TPSA) is 84.5 Å². The third-order valence-electron chi connectivity index (χ3n) is 5.46. The molecule has 0 bridgehead atoms. The van der Waals surface area contributed by atoms with E-state index in [2.05, 4.69) is 15.5 Å². The van der Waals surface area contributed by atoms with Crippen LogP contribution in [0.2, 0.25) is 0 Å². The van der Waals surface area contributed by atoms with Crippen LogP contribution >= 0.6 is 11.8 Å². The van der Waals surface area contributed by atoms with Crippen LogP contribution in [0.15, 0.2) is 53.7 Å². The minimum absolute atomic E-state index is 0.0671. The van der Waals surface area contributed by atoms with Crippen molar-refractivity contribution in [3.05, 3.63) is 54.3 Å². The first-order chi connectivity index (χ1) is 15.6. The highest BCUT2D eigenvalue weighted by Crippen LogP contribution is 2.26. The number of nitrogens with zero attached hydrogens (tertiary/aromatic N) is 5. The molecule has 32 heavy (non-hydrogen) atoms. The SMILES string of the molecule is O=C(CSc1nnc2n(CC(=O)N3CCCC3)c3ccccc3n12)Nc1cccc(F)c1. The van der Waals surface area contributed by atoms with E-state index in [-0.39, 0.29) is 24.1 Å². The summed E-state index contributed by atoms with van der Waals surface area (Å²) in [6.07, 6.45) is 2.08. The Hall–Kier alpha value is -3.40. The number of amides is 2. The third-order valence-corrected chi connectivity index (χ3v) is 6.39. The first kappa shape index (κ1) is 20.5. The van der Waals surface area contributed by atoms with Gasteiger partial charge >= 0.3 is 0 Å². The van der Waals surface area contributed by atoms with Gasteiger partial charge in [0.25, 0.3) is 0 Å². The number of halogens is 1. The quantitative estimate of drug-likeness (QED) is 0.454. The molecule has 1 aliphatic heterocycles. The molecule has 10 heteroatoms. The fourth-order valence-electron chi connectivity index (χ4n) is 3.98. The van der Waals surface area contributed by atoms with Crippen molar-refractivity contribution in [3.63, 3.8) is 0 Å². The van der Waals surface area contributed by atoms with Gasteiger partial charge in [-0.15, -0.1) is 10.2 Å². The van der Waals surface area contributed by atoms with Gasteiger partial charge in [-0.2, -0.15) is 0 Å². The average Bonchev–Trinajstić information content (AvgIpc) is 3.51. The lowest BCUT2D eigenvalue weighted by Crippen LogP contribution is -2.31. The highest BCUT2D eigenvalue weighted by Gasteiger charge is 2.23. The van der Waals surface area contributed by atoms with Crippen LogP contribution in [-0.4, -0.2) is 54.7 Å². The van der Waals surface area contributed by atoms with E-state index in [1.807, 2.05) is 38.1 Å². The van der Waals surface area contributed by atoms with E-state index in [1.165, 1.54) is 23.9 Å². The van der Waals surface area contributed by atoms with Gasteiger partial charge in [0.2, 0.25) is 17.6 Å². The second-order valence-corrected chi connectivity index (χ2v) is 8.57. The van der Waals surface area contributed by atoms with E-state index in [0.717, 1.165) is 37.0 Å². The number of carbonyl (C=O) groups excluding carboxylic acids is 2. The van der Waals surface area contributed by atoms with E-state index in [0.29, 0.717) is 16.6 Å². The summed E-state index contributed by atoms with van der Waals surface area (Å²) in [5.74, 6) is 0.0317. The zero-order valence-electron chi connectivity index (χ0n) is 17.2. The molecule has 0 radical (unpaired) electrons. The highest BCUT2D eigenvalue weighted by atomic mass is 32.2. The largest absolute Gasteiger partial charge is 0.341 e. The minimum Gasteiger partial charge on any atom is -0.341 e. The summed E-state index contributed by atoms with van der Waals surface area (Å²) in [4.78, 5) is 27.0. The Morgan fingerprint density at radius 3 is 2.59 bits per heavy atom. The standard InChI is InChI=1S/C22H21FN6O2S/c23-15-6-5-7-16(12-15)24-19(30)14-32-22-26-25-21-28(13-20(31)27-10-3-4-11-27)17-8-1-2-9-18(17)29(21)22/h1-2,5-9,12H,3-4,10-11,13-14H2,(H,24,30). The normalized spacial score (nSPS) is 13.8. The zero-order valence-corrected chi connectivity index (χ0v) is 18.0. The molecule has 0 spiro atoms. The van der Waals surface area contributed by atoms with Crippen molar-refractivity contribution in [2.75, 3.05) is 24.2 Å². The number of para-hydroxylation sites is 2. The number of imidazole rings is 1. The molecule has 164 valence electrons. The van der Waals surface area contributed by atoms with E-state index in [1.54, 1.807) is 12.1 Å². The predicted octanol–water partition coefficient (Wildman–Crippen LogP) is 3.18. The van der Waals surface area contributed by atoms with Crippen LogP contribution < -0.4 is 5.32 Å². The summed E-state index contributed by atoms with van der Waals surface area (Å²) in [5, 5.41) is 11.8. The van der Waals surface area contributed by atoms with Gasteiger partial charge in [0.15, 0.2) is 5.16 Å². The molecule has 2 aromatic carbocycles. The van der Waals surface area contributed by atoms with E-state index in [9.17, 15) is 14.0 Å². The van der Waals surface area contributed by atoms with Gasteiger partial charge in [-0.1, -0.05) is 30.0 Å². The smallest absolute Gasteiger partial charge is 0.242 e. The third kappa shape index (κ3) is 3.93. The first-order valence-electron chi connectivity index (χ1n) is 10.4. The lowest BCUT2D eigenvalue weighted by Gasteiger charge is -2.15. The summed E-state index contributed by atoms with van der Waals surface area (Å²) in [6.45, 7) is 1.78. The number of hydrogen-bond donors (Lipinski definition) is 1. The minimum atomic E-state index is -0.411. The first-order valence-corrected chi connectivity index (χ1v) is 11.4. The van der Waals surface area contributed by atoms with Crippen molar-refractivity contribution in [1.29, 1.82) is 0 Å². The maximum absolute atomic E-state index is 13.3. The van der Waals surface area contributed by atoms with E-state index in [4.69, 9.17) is 0 Å². The van der Waals surface area contributed by atoms with Gasteiger partial charge in [-0.05, 0) is 43.2 Å². The Bertz CT molecular complexity index is 1310. The summed E-state index contributed by atoms with van der Waals surface area (Å²) >= 11 is 1.24. The highest BCUT2D eigenvalue weighted by molar-refractivity contribution is 7.99. The van der Waals surface area contributed by atoms with Crippen LogP contribution in [0.25, 0.3) is 16.8 Å². The number of carbonyl (C=O) groups is 2. The van der Waals surface area contributed by atoms with Crippen molar-refractivity contribution in [3.8, 4) is 0 Å². The van der Waals surface area contributed by atoms with Crippen LogP contribution in [0.1, 0.15) is 12.8 Å². The second kappa shape index (κ2) is 8.62. The van der Waals surface area contributed by atoms with E-state index >= 15 is 0 Å². The Morgan fingerprint density at radius 2 is 1.81 bits per heavy atom. The van der Waals surface area contributed by atoms with Crippen molar-refractivity contribution in [2.24, 2.45) is 0 Å². The molecule has 2 aromatic heterocycles. The Kier molecular flexibility index (Phi) is 5.52. The number of nitrogens with one attached hydrogen (secondary N) is 1. The molecule has 1 N–H and O–H groups in total. The van der Waals surface area contributed by atoms with Gasteiger partial charge < -0.3 is 10.2 Å². The summed E-state index contributed by atoms with van der Waals surface area (Å²) in [5.41, 5.74) is 2.16. The van der Waals surface area contributed by atoms with Crippen molar-refractivity contribution in [1.82, 2.24) is 24.1 Å². The molecule has 3 heterocycles. The van der Waals surface area contributed by atoms with Gasteiger partial charge in [-0.3, -0.25) is 18.6 Å². The molecule has 1 aliphatic rings. The van der Waals surface area contributed by atoms with Crippen LogP contribution in [0, 0.1) is 5.82 Å². The molecule has 0 atom stereocenters. The molecule has 2 amide bonds. The number of likely N-dealkylation sites (tertiary alicyclic amines) is 1. The number of benzene rings is 2. The Balaban J connectivity index is 1.39. The number of hydrogen-bond acceptors (Lipinski definition) is 5. The van der Waals surface area contributed by atoms with Crippen LogP contribution in [0.4, 0.5) is 10.1 Å². The average molecular weight is 453 g/mol. The van der Waals surface area contributed by atoms with Crippen molar-refractivity contribution < 1.29 is 14.0 Å². The summed E-state index contributed by atoms with van der Waals surface area (Å²) in [6, 6.07) is 13.5. The molecule has 1 fully saturated rings. The van der Waals surface area contributed by atoms with Gasteiger partial charge in [0, 0.05) is 18.8 Å². The molecule has 5 rings (SSSR count).